The predicted molar refractivity (Wildman–Crippen MR) is 104 cm³/mol. The van der Waals surface area contributed by atoms with Crippen LogP contribution in [0.4, 0.5) is 0 Å². The van der Waals surface area contributed by atoms with Crippen LogP contribution in [0.15, 0.2) is 0 Å². The molecule has 2 saturated heterocycles. The van der Waals surface area contributed by atoms with E-state index >= 15 is 0 Å². The molecule has 6 heteroatoms. The first-order valence-corrected chi connectivity index (χ1v) is 10.8. The normalized spacial score (nSPS) is 24.8. The van der Waals surface area contributed by atoms with Gasteiger partial charge >= 0.3 is 0 Å². The lowest BCUT2D eigenvalue weighted by atomic mass is 9.86. The molecule has 0 spiro atoms. The van der Waals surface area contributed by atoms with Gasteiger partial charge in [-0.05, 0) is 26.2 Å². The molecule has 2 heterocycles. The van der Waals surface area contributed by atoms with Gasteiger partial charge in [0.2, 0.25) is 17.7 Å². The Morgan fingerprint density at radius 1 is 1.00 bits per heavy atom. The number of amides is 3. The second kappa shape index (κ2) is 9.07. The number of hydrogen-bond acceptors (Lipinski definition) is 3. The van der Waals surface area contributed by atoms with Crippen LogP contribution in [0.1, 0.15) is 65.2 Å². The van der Waals surface area contributed by atoms with Gasteiger partial charge in [0, 0.05) is 51.6 Å². The number of rotatable bonds is 5. The summed E-state index contributed by atoms with van der Waals surface area (Å²) in [5, 5.41) is 0. The van der Waals surface area contributed by atoms with Crippen LogP contribution in [-0.4, -0.2) is 71.2 Å². The lowest BCUT2D eigenvalue weighted by Crippen LogP contribution is -2.52. The van der Waals surface area contributed by atoms with Crippen molar-refractivity contribution >= 4 is 17.7 Å². The van der Waals surface area contributed by atoms with E-state index in [-0.39, 0.29) is 29.7 Å². The van der Waals surface area contributed by atoms with Crippen molar-refractivity contribution < 1.29 is 14.4 Å². The van der Waals surface area contributed by atoms with Crippen LogP contribution >= 0.6 is 0 Å². The topological polar surface area (TPSA) is 60.9 Å². The van der Waals surface area contributed by atoms with Crippen LogP contribution in [0.25, 0.3) is 0 Å². The van der Waals surface area contributed by atoms with Gasteiger partial charge in [0.15, 0.2) is 0 Å². The van der Waals surface area contributed by atoms with Gasteiger partial charge in [0.25, 0.3) is 0 Å². The van der Waals surface area contributed by atoms with Crippen LogP contribution < -0.4 is 0 Å². The summed E-state index contributed by atoms with van der Waals surface area (Å²) in [6.45, 7) is 6.97. The van der Waals surface area contributed by atoms with Crippen LogP contribution in [0, 0.1) is 11.8 Å². The Balaban J connectivity index is 1.41. The Morgan fingerprint density at radius 2 is 1.63 bits per heavy atom. The van der Waals surface area contributed by atoms with Crippen molar-refractivity contribution in [3.8, 4) is 0 Å². The predicted octanol–water partition coefficient (Wildman–Crippen LogP) is 2.27. The molecule has 3 amide bonds. The molecule has 1 saturated carbocycles. The van der Waals surface area contributed by atoms with Gasteiger partial charge in [-0.1, -0.05) is 32.1 Å². The van der Waals surface area contributed by atoms with Crippen molar-refractivity contribution in [1.29, 1.82) is 0 Å². The molecular weight excluding hydrogens is 342 g/mol. The van der Waals surface area contributed by atoms with Crippen molar-refractivity contribution in [3.05, 3.63) is 0 Å². The molecule has 1 aliphatic carbocycles. The number of hydrogen-bond donors (Lipinski definition) is 0. The van der Waals surface area contributed by atoms with E-state index in [1.54, 1.807) is 4.90 Å². The Morgan fingerprint density at radius 3 is 2.22 bits per heavy atom. The first kappa shape index (κ1) is 20.2. The molecule has 0 aromatic heterocycles. The van der Waals surface area contributed by atoms with E-state index in [1.807, 2.05) is 23.6 Å². The molecule has 27 heavy (non-hydrogen) atoms. The fourth-order valence-electron chi connectivity index (χ4n) is 4.79. The van der Waals surface area contributed by atoms with Gasteiger partial charge in [-0.15, -0.1) is 0 Å². The van der Waals surface area contributed by atoms with Crippen LogP contribution in [-0.2, 0) is 14.4 Å². The number of piperazine rings is 1. The van der Waals surface area contributed by atoms with E-state index in [9.17, 15) is 14.4 Å². The van der Waals surface area contributed by atoms with Crippen LogP contribution in [0.3, 0.4) is 0 Å². The Labute approximate surface area is 163 Å². The molecule has 0 N–H and O–H groups in total. The molecule has 3 fully saturated rings. The molecule has 0 bridgehead atoms. The molecule has 2 aliphatic heterocycles. The van der Waals surface area contributed by atoms with E-state index in [0.29, 0.717) is 45.6 Å². The molecule has 0 radical (unpaired) electrons. The third kappa shape index (κ3) is 5.02. The van der Waals surface area contributed by atoms with E-state index in [4.69, 9.17) is 0 Å². The van der Waals surface area contributed by atoms with Crippen molar-refractivity contribution in [2.24, 2.45) is 11.8 Å². The highest BCUT2D eigenvalue weighted by Crippen LogP contribution is 2.28. The smallest absolute Gasteiger partial charge is 0.228 e. The SMILES string of the molecule is CC(C)N1CC(C(=O)N2CCN(C(=O)CCC3CCCCC3)CC2)CC1=O. The third-order valence-electron chi connectivity index (χ3n) is 6.57. The van der Waals surface area contributed by atoms with Gasteiger partial charge in [0.1, 0.15) is 0 Å². The quantitative estimate of drug-likeness (QED) is 0.738. The highest BCUT2D eigenvalue weighted by atomic mass is 16.2. The lowest BCUT2D eigenvalue weighted by Gasteiger charge is -2.36. The third-order valence-corrected chi connectivity index (χ3v) is 6.57. The summed E-state index contributed by atoms with van der Waals surface area (Å²) in [6, 6.07) is 0.147. The first-order chi connectivity index (χ1) is 13.0. The van der Waals surface area contributed by atoms with Crippen molar-refractivity contribution in [1.82, 2.24) is 14.7 Å². The molecule has 6 nitrogen and oxygen atoms in total. The second-order valence-corrected chi connectivity index (χ2v) is 8.79. The summed E-state index contributed by atoms with van der Waals surface area (Å²) in [6.07, 6.45) is 8.55. The van der Waals surface area contributed by atoms with Gasteiger partial charge in [-0.25, -0.2) is 0 Å². The zero-order valence-electron chi connectivity index (χ0n) is 17.0. The van der Waals surface area contributed by atoms with E-state index in [0.717, 1.165) is 12.3 Å². The molecular formula is C21H35N3O3. The maximum Gasteiger partial charge on any atom is 0.228 e. The molecule has 1 atom stereocenters. The molecule has 0 aromatic rings. The molecule has 0 aromatic carbocycles. The van der Waals surface area contributed by atoms with Crippen molar-refractivity contribution in [3.63, 3.8) is 0 Å². The average Bonchev–Trinajstić information content (AvgIpc) is 3.08. The monoisotopic (exact) mass is 377 g/mol. The fraction of sp³-hybridized carbons (Fsp3) is 0.857. The van der Waals surface area contributed by atoms with E-state index < -0.39 is 0 Å². The number of nitrogens with zero attached hydrogens (tertiary/aromatic N) is 3. The summed E-state index contributed by atoms with van der Waals surface area (Å²) in [5.41, 5.74) is 0. The largest absolute Gasteiger partial charge is 0.339 e. The maximum atomic E-state index is 12.8. The van der Waals surface area contributed by atoms with Crippen molar-refractivity contribution in [2.45, 2.75) is 71.3 Å². The van der Waals surface area contributed by atoms with E-state index in [1.165, 1.54) is 32.1 Å². The highest BCUT2D eigenvalue weighted by Gasteiger charge is 2.38. The number of carbonyl (C=O) groups is 3. The lowest BCUT2D eigenvalue weighted by molar-refractivity contribution is -0.142. The van der Waals surface area contributed by atoms with Gasteiger partial charge < -0.3 is 14.7 Å². The van der Waals surface area contributed by atoms with E-state index in [2.05, 4.69) is 0 Å². The Bertz CT molecular complexity index is 549. The first-order valence-electron chi connectivity index (χ1n) is 10.8. The summed E-state index contributed by atoms with van der Waals surface area (Å²) in [4.78, 5) is 42.9. The highest BCUT2D eigenvalue weighted by molar-refractivity contribution is 5.89. The van der Waals surface area contributed by atoms with Gasteiger partial charge in [0.05, 0.1) is 5.92 Å². The fourth-order valence-corrected chi connectivity index (χ4v) is 4.79. The summed E-state index contributed by atoms with van der Waals surface area (Å²) >= 11 is 0. The number of carbonyl (C=O) groups excluding carboxylic acids is 3. The van der Waals surface area contributed by atoms with Crippen molar-refractivity contribution in [2.75, 3.05) is 32.7 Å². The number of likely N-dealkylation sites (tertiary alicyclic amines) is 1. The average molecular weight is 378 g/mol. The minimum absolute atomic E-state index is 0.0832. The maximum absolute atomic E-state index is 12.8. The molecule has 152 valence electrons. The van der Waals surface area contributed by atoms with Crippen LogP contribution in [0.2, 0.25) is 0 Å². The standard InChI is InChI=1S/C21H35N3O3/c1-16(2)24-15-18(14-20(24)26)21(27)23-12-10-22(11-13-23)19(25)9-8-17-6-4-3-5-7-17/h16-18H,3-15H2,1-2H3. The second-order valence-electron chi connectivity index (χ2n) is 8.79. The van der Waals surface area contributed by atoms with Crippen LogP contribution in [0.5, 0.6) is 0 Å². The minimum atomic E-state index is -0.214. The minimum Gasteiger partial charge on any atom is -0.339 e. The molecule has 1 unspecified atom stereocenters. The van der Waals surface area contributed by atoms with Gasteiger partial charge in [-0.3, -0.25) is 14.4 Å². The van der Waals surface area contributed by atoms with Gasteiger partial charge in [-0.2, -0.15) is 0 Å². The summed E-state index contributed by atoms with van der Waals surface area (Å²) in [5.74, 6) is 0.929. The molecule has 3 rings (SSSR count). The summed E-state index contributed by atoms with van der Waals surface area (Å²) < 4.78 is 0. The molecule has 3 aliphatic rings. The zero-order chi connectivity index (χ0) is 19.4. The Hall–Kier alpha value is -1.59. The zero-order valence-corrected chi connectivity index (χ0v) is 17.0. The Kier molecular flexibility index (Phi) is 6.77. The summed E-state index contributed by atoms with van der Waals surface area (Å²) in [7, 11) is 0.